The normalized spacial score (nSPS) is 10.5. The van der Waals surface area contributed by atoms with Gasteiger partial charge in [0, 0.05) is 0 Å². The van der Waals surface area contributed by atoms with Gasteiger partial charge in [-0.1, -0.05) is 31.2 Å². The molecular formula is C9H12S2. The molecule has 0 heterocycles. The molecule has 0 amide bonds. The lowest BCUT2D eigenvalue weighted by atomic mass is 10.1. The van der Waals surface area contributed by atoms with Crippen LogP contribution >= 0.6 is 25.3 Å². The van der Waals surface area contributed by atoms with E-state index in [1.165, 1.54) is 11.1 Å². The van der Waals surface area contributed by atoms with Crippen molar-refractivity contribution >= 4 is 25.3 Å². The van der Waals surface area contributed by atoms with Gasteiger partial charge in [-0.25, -0.2) is 0 Å². The predicted molar refractivity (Wildman–Crippen MR) is 56.5 cm³/mol. The van der Waals surface area contributed by atoms with Crippen molar-refractivity contribution in [3.63, 3.8) is 0 Å². The Balaban J connectivity index is 3.02. The zero-order chi connectivity index (χ0) is 8.27. The van der Waals surface area contributed by atoms with Crippen molar-refractivity contribution in [1.29, 1.82) is 0 Å². The van der Waals surface area contributed by atoms with Gasteiger partial charge in [0.05, 0.1) is 4.58 Å². The van der Waals surface area contributed by atoms with Gasteiger partial charge in [0.2, 0.25) is 0 Å². The van der Waals surface area contributed by atoms with Crippen molar-refractivity contribution in [2.75, 3.05) is 0 Å². The van der Waals surface area contributed by atoms with E-state index in [4.69, 9.17) is 0 Å². The van der Waals surface area contributed by atoms with E-state index in [2.05, 4.69) is 44.3 Å². The van der Waals surface area contributed by atoms with Gasteiger partial charge in [-0.05, 0) is 17.5 Å². The van der Waals surface area contributed by atoms with Crippen molar-refractivity contribution < 1.29 is 0 Å². The average molecular weight is 184 g/mol. The molecule has 0 N–H and O–H groups in total. The molecule has 0 aliphatic rings. The van der Waals surface area contributed by atoms with Crippen LogP contribution in [-0.2, 0) is 6.42 Å². The Kier molecular flexibility index (Phi) is 3.34. The fraction of sp³-hybridized carbons (Fsp3) is 0.333. The van der Waals surface area contributed by atoms with Crippen LogP contribution in [0, 0.1) is 0 Å². The summed E-state index contributed by atoms with van der Waals surface area (Å²) < 4.78 is 0.0474. The van der Waals surface area contributed by atoms with E-state index in [1.807, 2.05) is 12.1 Å². The molecule has 11 heavy (non-hydrogen) atoms. The van der Waals surface area contributed by atoms with E-state index in [9.17, 15) is 0 Å². The minimum absolute atomic E-state index is 0.0474. The van der Waals surface area contributed by atoms with Gasteiger partial charge in [-0.2, -0.15) is 25.3 Å². The molecule has 0 aliphatic heterocycles. The first kappa shape index (κ1) is 9.01. The van der Waals surface area contributed by atoms with Crippen LogP contribution in [0.1, 0.15) is 22.6 Å². The van der Waals surface area contributed by atoms with Crippen LogP contribution in [0.15, 0.2) is 24.3 Å². The first-order valence-electron chi connectivity index (χ1n) is 3.69. The highest BCUT2D eigenvalue weighted by molar-refractivity contribution is 7.98. The van der Waals surface area contributed by atoms with Crippen molar-refractivity contribution in [2.24, 2.45) is 0 Å². The number of benzene rings is 1. The third-order valence-corrected chi connectivity index (χ3v) is 2.27. The van der Waals surface area contributed by atoms with Crippen LogP contribution in [0.4, 0.5) is 0 Å². The van der Waals surface area contributed by atoms with Crippen molar-refractivity contribution in [3.8, 4) is 0 Å². The Hall–Kier alpha value is -0.0800. The quantitative estimate of drug-likeness (QED) is 0.512. The second-order valence-corrected chi connectivity index (χ2v) is 3.87. The molecule has 1 aromatic rings. The number of thiol groups is 2. The summed E-state index contributed by atoms with van der Waals surface area (Å²) in [5, 5.41) is 0. The van der Waals surface area contributed by atoms with E-state index >= 15 is 0 Å². The number of rotatable bonds is 2. The first-order valence-corrected chi connectivity index (χ1v) is 4.73. The summed E-state index contributed by atoms with van der Waals surface area (Å²) in [5.74, 6) is 0. The molecule has 0 nitrogen and oxygen atoms in total. The van der Waals surface area contributed by atoms with Crippen molar-refractivity contribution in [1.82, 2.24) is 0 Å². The topological polar surface area (TPSA) is 0 Å². The highest BCUT2D eigenvalue weighted by atomic mass is 32.2. The number of hydrogen-bond donors (Lipinski definition) is 2. The molecule has 0 aromatic heterocycles. The minimum Gasteiger partial charge on any atom is -0.160 e. The monoisotopic (exact) mass is 184 g/mol. The molecule has 1 aromatic carbocycles. The molecule has 0 radical (unpaired) electrons. The van der Waals surface area contributed by atoms with Crippen LogP contribution in [0.3, 0.4) is 0 Å². The summed E-state index contributed by atoms with van der Waals surface area (Å²) >= 11 is 8.55. The third kappa shape index (κ3) is 2.17. The van der Waals surface area contributed by atoms with E-state index in [0.29, 0.717) is 0 Å². The third-order valence-electron chi connectivity index (χ3n) is 1.71. The van der Waals surface area contributed by atoms with E-state index in [-0.39, 0.29) is 4.58 Å². The Labute approximate surface area is 78.8 Å². The number of hydrogen-bond acceptors (Lipinski definition) is 2. The van der Waals surface area contributed by atoms with E-state index < -0.39 is 0 Å². The lowest BCUT2D eigenvalue weighted by Gasteiger charge is -2.08. The first-order chi connectivity index (χ1) is 5.25. The summed E-state index contributed by atoms with van der Waals surface area (Å²) in [6, 6.07) is 8.26. The van der Waals surface area contributed by atoms with Crippen LogP contribution in [0.25, 0.3) is 0 Å². The molecule has 0 fully saturated rings. The standard InChI is InChI=1S/C9H12S2/c1-2-7-5-3-4-6-8(7)9(10)11/h3-6,9-11H,2H2,1H3. The molecule has 60 valence electrons. The van der Waals surface area contributed by atoms with Crippen LogP contribution < -0.4 is 0 Å². The van der Waals surface area contributed by atoms with Gasteiger partial charge in [-0.15, -0.1) is 0 Å². The van der Waals surface area contributed by atoms with Crippen molar-refractivity contribution in [3.05, 3.63) is 35.4 Å². The molecule has 0 saturated heterocycles. The molecule has 0 bridgehead atoms. The zero-order valence-corrected chi connectivity index (χ0v) is 8.28. The zero-order valence-electron chi connectivity index (χ0n) is 6.49. The second kappa shape index (κ2) is 4.07. The van der Waals surface area contributed by atoms with Crippen LogP contribution in [0.2, 0.25) is 0 Å². The second-order valence-electron chi connectivity index (χ2n) is 2.43. The highest BCUT2D eigenvalue weighted by Gasteiger charge is 2.03. The van der Waals surface area contributed by atoms with Gasteiger partial charge >= 0.3 is 0 Å². The SMILES string of the molecule is CCc1ccccc1C(S)S. The number of aryl methyl sites for hydroxylation is 1. The lowest BCUT2D eigenvalue weighted by Crippen LogP contribution is -1.90. The highest BCUT2D eigenvalue weighted by Crippen LogP contribution is 2.26. The van der Waals surface area contributed by atoms with Gasteiger partial charge < -0.3 is 0 Å². The van der Waals surface area contributed by atoms with Crippen LogP contribution in [-0.4, -0.2) is 0 Å². The molecular weight excluding hydrogens is 172 g/mol. The maximum absolute atomic E-state index is 4.28. The van der Waals surface area contributed by atoms with E-state index in [1.54, 1.807) is 0 Å². The Bertz CT molecular complexity index is 231. The van der Waals surface area contributed by atoms with Crippen LogP contribution in [0.5, 0.6) is 0 Å². The molecule has 0 saturated carbocycles. The average Bonchev–Trinajstić information content (AvgIpc) is 2.04. The largest absolute Gasteiger partial charge is 0.160 e. The Morgan fingerprint density at radius 1 is 1.27 bits per heavy atom. The maximum Gasteiger partial charge on any atom is 0.0694 e. The Morgan fingerprint density at radius 2 is 1.91 bits per heavy atom. The van der Waals surface area contributed by atoms with Gasteiger partial charge in [-0.3, -0.25) is 0 Å². The summed E-state index contributed by atoms with van der Waals surface area (Å²) in [6.07, 6.45) is 1.05. The molecule has 1 rings (SSSR count). The summed E-state index contributed by atoms with van der Waals surface area (Å²) in [4.78, 5) is 0. The van der Waals surface area contributed by atoms with E-state index in [0.717, 1.165) is 6.42 Å². The minimum atomic E-state index is 0.0474. The molecule has 2 heteroatoms. The summed E-state index contributed by atoms with van der Waals surface area (Å²) in [7, 11) is 0. The molecule has 0 spiro atoms. The maximum atomic E-state index is 4.28. The smallest absolute Gasteiger partial charge is 0.0694 e. The molecule has 0 aliphatic carbocycles. The fourth-order valence-corrected chi connectivity index (χ4v) is 1.61. The summed E-state index contributed by atoms with van der Waals surface area (Å²) in [6.45, 7) is 2.14. The molecule has 0 unspecified atom stereocenters. The van der Waals surface area contributed by atoms with Crippen molar-refractivity contribution in [2.45, 2.75) is 17.9 Å². The van der Waals surface area contributed by atoms with Gasteiger partial charge in [0.1, 0.15) is 0 Å². The fourth-order valence-electron chi connectivity index (χ4n) is 1.11. The van der Waals surface area contributed by atoms with Gasteiger partial charge in [0.25, 0.3) is 0 Å². The van der Waals surface area contributed by atoms with Gasteiger partial charge in [0.15, 0.2) is 0 Å². The predicted octanol–water partition coefficient (Wildman–Crippen LogP) is 3.11. The summed E-state index contributed by atoms with van der Waals surface area (Å²) in [5.41, 5.74) is 2.56. The molecule has 0 atom stereocenters. The Morgan fingerprint density at radius 3 is 2.36 bits per heavy atom. The lowest BCUT2D eigenvalue weighted by molar-refractivity contribution is 1.10.